The number of oxime groups is 1. The molecule has 2 aromatic heterocycles. The number of aryl methyl sites for hydroxylation is 1. The Bertz CT molecular complexity index is 845. The number of aromatic nitrogens is 2. The summed E-state index contributed by atoms with van der Waals surface area (Å²) in [5, 5.41) is 15.0. The molecular formula is C15H13N3O. The van der Waals surface area contributed by atoms with Gasteiger partial charge in [-0.2, -0.15) is 0 Å². The van der Waals surface area contributed by atoms with Crippen molar-refractivity contribution >= 4 is 27.5 Å². The lowest BCUT2D eigenvalue weighted by Crippen LogP contribution is -1.94. The first kappa shape index (κ1) is 10.6. The summed E-state index contributed by atoms with van der Waals surface area (Å²) in [5.74, 6) is 0. The molecule has 0 unspecified atom stereocenters. The fourth-order valence-corrected chi connectivity index (χ4v) is 3.21. The number of nitrogens with zero attached hydrogens (tertiary/aromatic N) is 3. The minimum Gasteiger partial charge on any atom is -0.411 e. The Morgan fingerprint density at radius 3 is 3.00 bits per heavy atom. The number of hydrogen-bond acceptors (Lipinski definition) is 3. The SMILES string of the molecule is Cn1c2c(c3c4cccnc4ccc31)/C(=N\O)CC2. The van der Waals surface area contributed by atoms with Crippen LogP contribution in [0.2, 0.25) is 0 Å². The second kappa shape index (κ2) is 3.57. The van der Waals surface area contributed by atoms with E-state index in [1.54, 1.807) is 6.20 Å². The summed E-state index contributed by atoms with van der Waals surface area (Å²) in [6.07, 6.45) is 3.54. The van der Waals surface area contributed by atoms with E-state index in [1.807, 2.05) is 12.1 Å². The zero-order valence-corrected chi connectivity index (χ0v) is 10.6. The van der Waals surface area contributed by atoms with Gasteiger partial charge in [-0.15, -0.1) is 0 Å². The minimum atomic E-state index is 0.789. The van der Waals surface area contributed by atoms with Crippen molar-refractivity contribution in [3.8, 4) is 0 Å². The molecule has 0 radical (unpaired) electrons. The summed E-state index contributed by atoms with van der Waals surface area (Å²) >= 11 is 0. The number of hydrogen-bond donors (Lipinski definition) is 1. The second-order valence-electron chi connectivity index (χ2n) is 4.96. The first-order valence-corrected chi connectivity index (χ1v) is 6.37. The van der Waals surface area contributed by atoms with Crippen molar-refractivity contribution in [2.45, 2.75) is 12.8 Å². The van der Waals surface area contributed by atoms with Gasteiger partial charge in [0.1, 0.15) is 0 Å². The molecule has 0 aliphatic heterocycles. The first-order chi connectivity index (χ1) is 9.31. The Morgan fingerprint density at radius 1 is 1.26 bits per heavy atom. The molecule has 0 fully saturated rings. The number of benzene rings is 1. The average molecular weight is 251 g/mol. The van der Waals surface area contributed by atoms with E-state index in [1.165, 1.54) is 11.2 Å². The van der Waals surface area contributed by atoms with Crippen molar-refractivity contribution < 1.29 is 5.21 Å². The van der Waals surface area contributed by atoms with Crippen molar-refractivity contribution in [1.29, 1.82) is 0 Å². The summed E-state index contributed by atoms with van der Waals surface area (Å²) in [6, 6.07) is 8.17. The Hall–Kier alpha value is -2.36. The lowest BCUT2D eigenvalue weighted by Gasteiger charge is -2.03. The molecule has 3 aromatic rings. The molecule has 4 rings (SSSR count). The molecule has 0 saturated heterocycles. The molecule has 4 heteroatoms. The predicted octanol–water partition coefficient (Wildman–Crippen LogP) is 2.85. The molecule has 1 aromatic carbocycles. The van der Waals surface area contributed by atoms with Gasteiger partial charge in [-0.05, 0) is 31.0 Å². The predicted molar refractivity (Wildman–Crippen MR) is 74.9 cm³/mol. The molecule has 0 saturated carbocycles. The monoisotopic (exact) mass is 251 g/mol. The fraction of sp³-hybridized carbons (Fsp3) is 0.200. The Labute approximate surface area is 110 Å². The highest BCUT2D eigenvalue weighted by molar-refractivity contribution is 6.21. The summed E-state index contributed by atoms with van der Waals surface area (Å²) in [6.45, 7) is 0. The molecule has 0 atom stereocenters. The summed E-state index contributed by atoms with van der Waals surface area (Å²) in [4.78, 5) is 4.41. The zero-order chi connectivity index (χ0) is 13.0. The normalized spacial score (nSPS) is 16.6. The fourth-order valence-electron chi connectivity index (χ4n) is 3.21. The number of fused-ring (bicyclic) bond motifs is 5. The molecule has 1 N–H and O–H groups in total. The van der Waals surface area contributed by atoms with Gasteiger partial charge in [0, 0.05) is 40.8 Å². The van der Waals surface area contributed by atoms with E-state index in [9.17, 15) is 5.21 Å². The third-order valence-electron chi connectivity index (χ3n) is 4.08. The van der Waals surface area contributed by atoms with Gasteiger partial charge in [-0.25, -0.2) is 0 Å². The average Bonchev–Trinajstić information content (AvgIpc) is 2.99. The highest BCUT2D eigenvalue weighted by atomic mass is 16.4. The largest absolute Gasteiger partial charge is 0.411 e. The van der Waals surface area contributed by atoms with E-state index >= 15 is 0 Å². The highest BCUT2D eigenvalue weighted by Gasteiger charge is 2.26. The van der Waals surface area contributed by atoms with Crippen LogP contribution in [-0.4, -0.2) is 20.5 Å². The molecule has 94 valence electrons. The van der Waals surface area contributed by atoms with Gasteiger partial charge in [-0.1, -0.05) is 11.2 Å². The van der Waals surface area contributed by atoms with Crippen molar-refractivity contribution in [1.82, 2.24) is 9.55 Å². The van der Waals surface area contributed by atoms with Crippen LogP contribution in [0.5, 0.6) is 0 Å². The molecular weight excluding hydrogens is 238 g/mol. The van der Waals surface area contributed by atoms with Crippen LogP contribution in [0.3, 0.4) is 0 Å². The van der Waals surface area contributed by atoms with Gasteiger partial charge in [-0.3, -0.25) is 4.98 Å². The lowest BCUT2D eigenvalue weighted by atomic mass is 10.0. The van der Waals surface area contributed by atoms with E-state index in [0.29, 0.717) is 0 Å². The third kappa shape index (κ3) is 1.23. The van der Waals surface area contributed by atoms with Crippen molar-refractivity contribution in [3.63, 3.8) is 0 Å². The molecule has 1 aliphatic rings. The van der Waals surface area contributed by atoms with Crippen LogP contribution in [0.15, 0.2) is 35.6 Å². The zero-order valence-electron chi connectivity index (χ0n) is 10.6. The Morgan fingerprint density at radius 2 is 2.16 bits per heavy atom. The molecule has 19 heavy (non-hydrogen) atoms. The van der Waals surface area contributed by atoms with Gasteiger partial charge in [0.05, 0.1) is 11.2 Å². The quantitative estimate of drug-likeness (QED) is 0.493. The standard InChI is InChI=1S/C15H13N3O/c1-18-12-6-4-10-9(3-2-8-16-10)14(12)15-11(17-19)5-7-13(15)18/h2-4,6,8,19H,5,7H2,1H3/b17-11-. The van der Waals surface area contributed by atoms with Crippen molar-refractivity contribution in [2.75, 3.05) is 0 Å². The molecule has 4 nitrogen and oxygen atoms in total. The number of pyridine rings is 1. The van der Waals surface area contributed by atoms with Crippen LogP contribution >= 0.6 is 0 Å². The molecule has 0 bridgehead atoms. The maximum Gasteiger partial charge on any atom is 0.0896 e. The molecule has 0 amide bonds. The van der Waals surface area contributed by atoms with E-state index < -0.39 is 0 Å². The van der Waals surface area contributed by atoms with Crippen LogP contribution in [0.4, 0.5) is 0 Å². The van der Waals surface area contributed by atoms with Gasteiger partial charge >= 0.3 is 0 Å². The van der Waals surface area contributed by atoms with Gasteiger partial charge in [0.25, 0.3) is 0 Å². The van der Waals surface area contributed by atoms with Gasteiger partial charge < -0.3 is 9.77 Å². The summed E-state index contributed by atoms with van der Waals surface area (Å²) < 4.78 is 2.20. The topological polar surface area (TPSA) is 50.4 Å². The Balaban J connectivity index is 2.28. The van der Waals surface area contributed by atoms with Crippen LogP contribution in [0.25, 0.3) is 21.8 Å². The third-order valence-corrected chi connectivity index (χ3v) is 4.08. The lowest BCUT2D eigenvalue weighted by molar-refractivity contribution is 0.318. The van der Waals surface area contributed by atoms with Crippen LogP contribution in [0, 0.1) is 0 Å². The van der Waals surface area contributed by atoms with Gasteiger partial charge in [0.2, 0.25) is 0 Å². The van der Waals surface area contributed by atoms with E-state index in [0.717, 1.165) is 40.4 Å². The van der Waals surface area contributed by atoms with Crippen LogP contribution in [-0.2, 0) is 13.5 Å². The van der Waals surface area contributed by atoms with Crippen LogP contribution < -0.4 is 0 Å². The minimum absolute atomic E-state index is 0.789. The number of rotatable bonds is 0. The first-order valence-electron chi connectivity index (χ1n) is 6.37. The van der Waals surface area contributed by atoms with Gasteiger partial charge in [0.15, 0.2) is 0 Å². The Kier molecular flexibility index (Phi) is 1.98. The summed E-state index contributed by atoms with van der Waals surface area (Å²) in [7, 11) is 2.07. The second-order valence-corrected chi connectivity index (χ2v) is 4.96. The molecule has 0 spiro atoms. The van der Waals surface area contributed by atoms with Crippen molar-refractivity contribution in [2.24, 2.45) is 12.2 Å². The van der Waals surface area contributed by atoms with E-state index in [-0.39, 0.29) is 0 Å². The maximum atomic E-state index is 9.22. The van der Waals surface area contributed by atoms with E-state index in [2.05, 4.69) is 33.9 Å². The maximum absolute atomic E-state index is 9.22. The highest BCUT2D eigenvalue weighted by Crippen LogP contribution is 2.36. The van der Waals surface area contributed by atoms with Crippen molar-refractivity contribution in [3.05, 3.63) is 41.7 Å². The van der Waals surface area contributed by atoms with E-state index in [4.69, 9.17) is 0 Å². The molecule has 1 aliphatic carbocycles. The smallest absolute Gasteiger partial charge is 0.0896 e. The summed E-state index contributed by atoms with van der Waals surface area (Å²) in [5.41, 5.74) is 5.29. The van der Waals surface area contributed by atoms with Crippen LogP contribution in [0.1, 0.15) is 17.7 Å². The molecule has 2 heterocycles.